The quantitative estimate of drug-likeness (QED) is 0.220. The molecule has 0 aliphatic heterocycles. The SMILES string of the molecule is CCCCCCCCCCSC(N[C@@H](C)c1ccccc1)=[NH+][C@@H](C)c1ccccc1. The highest BCUT2D eigenvalue weighted by molar-refractivity contribution is 8.13. The fourth-order valence-corrected chi connectivity index (χ4v) is 4.65. The largest absolute Gasteiger partial charge is 0.305 e. The molecule has 0 amide bonds. The third-order valence-electron chi connectivity index (χ3n) is 5.54. The summed E-state index contributed by atoms with van der Waals surface area (Å²) in [5, 5.41) is 4.91. The van der Waals surface area contributed by atoms with Crippen LogP contribution in [0.15, 0.2) is 60.7 Å². The summed E-state index contributed by atoms with van der Waals surface area (Å²) >= 11 is 1.93. The first-order valence-corrected chi connectivity index (χ1v) is 12.8. The Kier molecular flexibility index (Phi) is 12.4. The zero-order chi connectivity index (χ0) is 21.4. The van der Waals surface area contributed by atoms with Gasteiger partial charge in [-0.1, -0.05) is 113 Å². The molecule has 0 fully saturated rings. The summed E-state index contributed by atoms with van der Waals surface area (Å²) < 4.78 is 0. The number of amidine groups is 1. The lowest BCUT2D eigenvalue weighted by atomic mass is 10.1. The second-order valence-electron chi connectivity index (χ2n) is 8.21. The molecule has 0 aliphatic carbocycles. The van der Waals surface area contributed by atoms with E-state index in [4.69, 9.17) is 0 Å². The summed E-state index contributed by atoms with van der Waals surface area (Å²) in [4.78, 5) is 3.73. The third-order valence-corrected chi connectivity index (χ3v) is 6.56. The molecule has 2 nitrogen and oxygen atoms in total. The van der Waals surface area contributed by atoms with Crippen LogP contribution in [-0.2, 0) is 0 Å². The second kappa shape index (κ2) is 15.1. The molecule has 0 aliphatic rings. The maximum Gasteiger partial charge on any atom is 0.305 e. The van der Waals surface area contributed by atoms with E-state index < -0.39 is 0 Å². The molecule has 2 rings (SSSR count). The molecule has 2 aromatic carbocycles. The van der Waals surface area contributed by atoms with Gasteiger partial charge < -0.3 is 0 Å². The van der Waals surface area contributed by atoms with E-state index in [9.17, 15) is 0 Å². The van der Waals surface area contributed by atoms with Crippen LogP contribution in [0.1, 0.15) is 95.3 Å². The fraction of sp³-hybridized carbons (Fsp3) is 0.519. The van der Waals surface area contributed by atoms with E-state index in [0.29, 0.717) is 0 Å². The number of hydrogen-bond donors (Lipinski definition) is 2. The van der Waals surface area contributed by atoms with Crippen molar-refractivity contribution in [2.24, 2.45) is 0 Å². The molecule has 0 spiro atoms. The van der Waals surface area contributed by atoms with Gasteiger partial charge in [-0.25, -0.2) is 0 Å². The first-order chi connectivity index (χ1) is 14.7. The van der Waals surface area contributed by atoms with Crippen LogP contribution >= 0.6 is 11.8 Å². The number of rotatable bonds is 13. The predicted octanol–water partition coefficient (Wildman–Crippen LogP) is 6.41. The molecule has 3 heteroatoms. The minimum absolute atomic E-state index is 0.280. The fourth-order valence-electron chi connectivity index (χ4n) is 3.58. The van der Waals surface area contributed by atoms with E-state index in [1.54, 1.807) is 0 Å². The van der Waals surface area contributed by atoms with Gasteiger partial charge in [-0.2, -0.15) is 0 Å². The Morgan fingerprint density at radius 3 is 1.90 bits per heavy atom. The highest BCUT2D eigenvalue weighted by Crippen LogP contribution is 2.15. The van der Waals surface area contributed by atoms with Gasteiger partial charge in [0.25, 0.3) is 0 Å². The average Bonchev–Trinajstić information content (AvgIpc) is 2.79. The molecule has 0 aromatic heterocycles. The van der Waals surface area contributed by atoms with Crippen LogP contribution in [0.2, 0.25) is 0 Å². The summed E-state index contributed by atoms with van der Waals surface area (Å²) in [7, 11) is 0. The normalized spacial score (nSPS) is 13.8. The molecule has 0 bridgehead atoms. The Morgan fingerprint density at radius 2 is 1.30 bits per heavy atom. The lowest BCUT2D eigenvalue weighted by Gasteiger charge is -2.13. The molecular formula is C27H41N2S+. The van der Waals surface area contributed by atoms with E-state index in [-0.39, 0.29) is 12.1 Å². The number of unbranched alkanes of at least 4 members (excludes halogenated alkanes) is 7. The highest BCUT2D eigenvalue weighted by Gasteiger charge is 2.17. The monoisotopic (exact) mass is 425 g/mol. The van der Waals surface area contributed by atoms with Crippen molar-refractivity contribution < 1.29 is 4.99 Å². The number of nitrogens with one attached hydrogen (secondary N) is 2. The van der Waals surface area contributed by atoms with Crippen LogP contribution < -0.4 is 10.3 Å². The third kappa shape index (κ3) is 9.84. The Morgan fingerprint density at radius 1 is 0.767 bits per heavy atom. The molecule has 30 heavy (non-hydrogen) atoms. The summed E-state index contributed by atoms with van der Waals surface area (Å²) in [6, 6.07) is 21.9. The van der Waals surface area contributed by atoms with Crippen molar-refractivity contribution in [2.75, 3.05) is 5.75 Å². The maximum atomic E-state index is 3.73. The molecule has 2 aromatic rings. The molecule has 164 valence electrons. The Labute approximate surface area is 189 Å². The van der Waals surface area contributed by atoms with Crippen molar-refractivity contribution >= 4 is 16.9 Å². The lowest BCUT2D eigenvalue weighted by Crippen LogP contribution is -2.76. The van der Waals surface area contributed by atoms with Crippen molar-refractivity contribution in [2.45, 2.75) is 84.2 Å². The van der Waals surface area contributed by atoms with Gasteiger partial charge >= 0.3 is 5.17 Å². The van der Waals surface area contributed by atoms with Gasteiger partial charge in [0.05, 0.1) is 0 Å². The van der Waals surface area contributed by atoms with Crippen molar-refractivity contribution in [1.82, 2.24) is 5.32 Å². The summed E-state index contributed by atoms with van der Waals surface area (Å²) in [6.07, 6.45) is 10.9. The van der Waals surface area contributed by atoms with Crippen molar-refractivity contribution in [1.29, 1.82) is 0 Å². The van der Waals surface area contributed by atoms with Crippen molar-refractivity contribution in [3.63, 3.8) is 0 Å². The van der Waals surface area contributed by atoms with Crippen LogP contribution in [0, 0.1) is 0 Å². The topological polar surface area (TPSA) is 26.0 Å². The minimum Gasteiger partial charge on any atom is -0.262 e. The Balaban J connectivity index is 1.87. The number of hydrogen-bond acceptors (Lipinski definition) is 1. The number of thioether (sulfide) groups is 1. The average molecular weight is 426 g/mol. The minimum atomic E-state index is 0.280. The van der Waals surface area contributed by atoms with Crippen LogP contribution in [-0.4, -0.2) is 10.9 Å². The van der Waals surface area contributed by atoms with Gasteiger partial charge in [-0.15, -0.1) is 0 Å². The molecule has 2 atom stereocenters. The van der Waals surface area contributed by atoms with Gasteiger partial charge in [0, 0.05) is 5.75 Å². The summed E-state index contributed by atoms with van der Waals surface area (Å²) in [6.45, 7) is 6.76. The standard InChI is InChI=1S/C27H40N2S/c1-4-5-6-7-8-9-10-17-22-30-27(28-23(2)25-18-13-11-14-19-25)29-24(3)26-20-15-12-16-21-26/h11-16,18-21,23-24H,4-10,17,22H2,1-3H3,(H,28,29)/p+1/t23-,24-/m0/s1. The predicted molar refractivity (Wildman–Crippen MR) is 134 cm³/mol. The zero-order valence-corrected chi connectivity index (χ0v) is 20.0. The van der Waals surface area contributed by atoms with Gasteiger partial charge in [0.2, 0.25) is 0 Å². The summed E-state index contributed by atoms with van der Waals surface area (Å²) in [5.74, 6) is 1.16. The van der Waals surface area contributed by atoms with Crippen LogP contribution in [0.3, 0.4) is 0 Å². The molecule has 0 saturated heterocycles. The highest BCUT2D eigenvalue weighted by atomic mass is 32.2. The Hall–Kier alpha value is -1.74. The van der Waals surface area contributed by atoms with E-state index in [2.05, 4.69) is 91.7 Å². The molecule has 0 saturated carbocycles. The van der Waals surface area contributed by atoms with E-state index in [1.165, 1.54) is 67.7 Å². The van der Waals surface area contributed by atoms with Crippen LogP contribution in [0.25, 0.3) is 0 Å². The van der Waals surface area contributed by atoms with Gasteiger partial charge in [-0.05, 0) is 43.2 Å². The van der Waals surface area contributed by atoms with E-state index in [0.717, 1.165) is 5.75 Å². The van der Waals surface area contributed by atoms with E-state index in [1.807, 2.05) is 11.8 Å². The van der Waals surface area contributed by atoms with Crippen LogP contribution in [0.5, 0.6) is 0 Å². The van der Waals surface area contributed by atoms with Gasteiger partial charge in [0.1, 0.15) is 12.1 Å². The molecule has 0 radical (unpaired) electrons. The van der Waals surface area contributed by atoms with Crippen molar-refractivity contribution in [3.8, 4) is 0 Å². The maximum absolute atomic E-state index is 3.73. The smallest absolute Gasteiger partial charge is 0.262 e. The van der Waals surface area contributed by atoms with Gasteiger partial charge in [-0.3, -0.25) is 10.3 Å². The Bertz CT molecular complexity index is 699. The van der Waals surface area contributed by atoms with Crippen molar-refractivity contribution in [3.05, 3.63) is 71.8 Å². The first-order valence-electron chi connectivity index (χ1n) is 11.8. The number of benzene rings is 2. The molecule has 0 heterocycles. The first kappa shape index (κ1) is 24.5. The second-order valence-corrected chi connectivity index (χ2v) is 9.31. The lowest BCUT2D eigenvalue weighted by molar-refractivity contribution is -0.504. The van der Waals surface area contributed by atoms with Crippen LogP contribution in [0.4, 0.5) is 0 Å². The van der Waals surface area contributed by atoms with Gasteiger partial charge in [0.15, 0.2) is 0 Å². The molecular weight excluding hydrogens is 384 g/mol. The van der Waals surface area contributed by atoms with E-state index >= 15 is 0 Å². The zero-order valence-electron chi connectivity index (χ0n) is 19.2. The molecule has 0 unspecified atom stereocenters. The summed E-state index contributed by atoms with van der Waals surface area (Å²) in [5.41, 5.74) is 2.63. The molecule has 2 N–H and O–H groups in total.